The number of aliphatic hydroxyl groups is 1. The third-order valence-electron chi connectivity index (χ3n) is 19.8. The third kappa shape index (κ3) is 73.4. The zero-order valence-corrected chi connectivity index (χ0v) is 68.3. The van der Waals surface area contributed by atoms with Crippen molar-refractivity contribution in [3.05, 3.63) is 0 Å². The minimum absolute atomic E-state index is 0.104. The van der Waals surface area contributed by atoms with E-state index in [1.165, 1.54) is 218 Å². The highest BCUT2D eigenvalue weighted by atomic mass is 31.2. The van der Waals surface area contributed by atoms with E-state index in [1.54, 1.807) is 0 Å². The fourth-order valence-corrected chi connectivity index (χ4v) is 14.1. The Hall–Kier alpha value is -1.94. The summed E-state index contributed by atoms with van der Waals surface area (Å²) in [5, 5.41) is 10.6. The van der Waals surface area contributed by atoms with Gasteiger partial charge in [0.2, 0.25) is 0 Å². The largest absolute Gasteiger partial charge is 0.472 e. The van der Waals surface area contributed by atoms with E-state index in [0.29, 0.717) is 31.6 Å². The van der Waals surface area contributed by atoms with Crippen LogP contribution in [-0.2, 0) is 65.4 Å². The topological polar surface area (TPSA) is 237 Å². The van der Waals surface area contributed by atoms with Crippen molar-refractivity contribution < 1.29 is 80.2 Å². The molecule has 0 bridgehead atoms. The highest BCUT2D eigenvalue weighted by Crippen LogP contribution is 2.45. The Kier molecular flexibility index (Phi) is 69.6. The molecule has 0 aliphatic heterocycles. The minimum Gasteiger partial charge on any atom is -0.462 e. The van der Waals surface area contributed by atoms with E-state index in [9.17, 15) is 43.2 Å². The van der Waals surface area contributed by atoms with E-state index in [0.717, 1.165) is 114 Å². The molecule has 0 rings (SSSR count). The maximum Gasteiger partial charge on any atom is 0.472 e. The van der Waals surface area contributed by atoms with Gasteiger partial charge < -0.3 is 33.8 Å². The quantitative estimate of drug-likeness (QED) is 0.0222. The SMILES string of the molecule is CCC(C)CCCCCCCCCCCCCCCCCCCCC(=O)O[C@H](COC(=O)CCCCCCCCC(C)CC)COP(=O)(O)OC[C@H](O)COP(=O)(O)OC[C@@H](COC(=O)CCCCCCCCCCCCCCCCCCC(C)C)OC(=O)CCCCCCCCCC(C)C. The molecule has 0 aromatic carbocycles. The van der Waals surface area contributed by atoms with Gasteiger partial charge in [0, 0.05) is 25.7 Å². The molecule has 3 N–H and O–H groups in total. The van der Waals surface area contributed by atoms with Crippen molar-refractivity contribution in [2.24, 2.45) is 23.7 Å². The van der Waals surface area contributed by atoms with Gasteiger partial charge in [-0.2, -0.15) is 0 Å². The monoisotopic (exact) mass is 1480 g/mol. The number of hydrogen-bond acceptors (Lipinski definition) is 15. The van der Waals surface area contributed by atoms with E-state index in [2.05, 4.69) is 55.4 Å². The summed E-state index contributed by atoms with van der Waals surface area (Å²) in [4.78, 5) is 73.0. The lowest BCUT2D eigenvalue weighted by Gasteiger charge is -2.21. The van der Waals surface area contributed by atoms with Crippen LogP contribution >= 0.6 is 15.6 Å². The summed E-state index contributed by atoms with van der Waals surface area (Å²) < 4.78 is 68.6. The van der Waals surface area contributed by atoms with Crippen LogP contribution < -0.4 is 0 Å². The van der Waals surface area contributed by atoms with Crippen molar-refractivity contribution in [2.45, 2.75) is 440 Å². The second-order valence-electron chi connectivity index (χ2n) is 31.0. The Morgan fingerprint density at radius 1 is 0.277 bits per heavy atom. The van der Waals surface area contributed by atoms with Gasteiger partial charge >= 0.3 is 39.5 Å². The first-order valence-electron chi connectivity index (χ1n) is 42.3. The van der Waals surface area contributed by atoms with E-state index in [4.69, 9.17) is 37.0 Å². The van der Waals surface area contributed by atoms with Crippen LogP contribution in [0.25, 0.3) is 0 Å². The fourth-order valence-electron chi connectivity index (χ4n) is 12.5. The molecule has 0 amide bonds. The highest BCUT2D eigenvalue weighted by Gasteiger charge is 2.30. The first kappa shape index (κ1) is 99.1. The maximum absolute atomic E-state index is 13.1. The lowest BCUT2D eigenvalue weighted by Crippen LogP contribution is -2.30. The number of esters is 4. The van der Waals surface area contributed by atoms with Gasteiger partial charge in [-0.15, -0.1) is 0 Å². The molecule has 0 aliphatic rings. The average Bonchev–Trinajstić information content (AvgIpc) is 0.928. The first-order valence-corrected chi connectivity index (χ1v) is 45.3. The molecule has 0 radical (unpaired) electrons. The Morgan fingerprint density at radius 2 is 0.475 bits per heavy atom. The molecule has 101 heavy (non-hydrogen) atoms. The minimum atomic E-state index is -4.96. The van der Waals surface area contributed by atoms with Crippen molar-refractivity contribution in [3.63, 3.8) is 0 Å². The van der Waals surface area contributed by atoms with Gasteiger partial charge in [-0.25, -0.2) is 9.13 Å². The van der Waals surface area contributed by atoms with Gasteiger partial charge in [-0.1, -0.05) is 370 Å². The molecule has 0 aliphatic carbocycles. The van der Waals surface area contributed by atoms with Crippen LogP contribution in [0, 0.1) is 23.7 Å². The van der Waals surface area contributed by atoms with Crippen LogP contribution in [0.2, 0.25) is 0 Å². The van der Waals surface area contributed by atoms with Crippen LogP contribution in [0.5, 0.6) is 0 Å². The van der Waals surface area contributed by atoms with Crippen molar-refractivity contribution in [3.8, 4) is 0 Å². The molecule has 0 spiro atoms. The number of carbonyl (C=O) groups excluding carboxylic acids is 4. The lowest BCUT2D eigenvalue weighted by molar-refractivity contribution is -0.161. The summed E-state index contributed by atoms with van der Waals surface area (Å²) >= 11 is 0. The second kappa shape index (κ2) is 71.0. The Bertz CT molecular complexity index is 1980. The molecule has 0 heterocycles. The molecule has 19 heteroatoms. The summed E-state index contributed by atoms with van der Waals surface area (Å²) in [5.74, 6) is 0.992. The van der Waals surface area contributed by atoms with E-state index >= 15 is 0 Å². The summed E-state index contributed by atoms with van der Waals surface area (Å²) in [6.45, 7) is 14.2. The zero-order valence-electron chi connectivity index (χ0n) is 66.5. The summed E-state index contributed by atoms with van der Waals surface area (Å²) in [5.41, 5.74) is 0. The standard InChI is InChI=1S/C82H160O17P2/c1-9-74(7)60-52-44-36-30-26-22-18-13-11-12-14-20-24-28-32-38-48-56-64-81(86)98-78(69-93-80(85)63-55-47-41-40-45-53-61-75(8)10-2)71-97-101(90,91)95-67-76(83)66-94-100(88,89)96-70-77(99-82(87)65-57-49-39-33-35-43-51-59-73(5)6)68-92-79(84)62-54-46-37-31-27-23-19-16-15-17-21-25-29-34-42-50-58-72(3)4/h72-78,83H,9-71H2,1-8H3,(H,88,89)(H,90,91)/t74?,75?,76-,77-,78-/m1/s1. The third-order valence-corrected chi connectivity index (χ3v) is 21.7. The predicted molar refractivity (Wildman–Crippen MR) is 414 cm³/mol. The average molecular weight is 1480 g/mol. The predicted octanol–water partition coefficient (Wildman–Crippen LogP) is 24.4. The van der Waals surface area contributed by atoms with E-state index < -0.39 is 97.5 Å². The van der Waals surface area contributed by atoms with Crippen molar-refractivity contribution >= 4 is 39.5 Å². The molecule has 17 nitrogen and oxygen atoms in total. The van der Waals surface area contributed by atoms with Crippen LogP contribution in [0.4, 0.5) is 0 Å². The molecule has 4 unspecified atom stereocenters. The van der Waals surface area contributed by atoms with Crippen LogP contribution in [-0.4, -0.2) is 96.7 Å². The number of carbonyl (C=O) groups is 4. The van der Waals surface area contributed by atoms with Crippen molar-refractivity contribution in [1.82, 2.24) is 0 Å². The van der Waals surface area contributed by atoms with Crippen molar-refractivity contribution in [2.75, 3.05) is 39.6 Å². The van der Waals surface area contributed by atoms with Crippen LogP contribution in [0.3, 0.4) is 0 Å². The Labute approximate surface area is 619 Å². The summed E-state index contributed by atoms with van der Waals surface area (Å²) in [6, 6.07) is 0. The molecule has 0 fully saturated rings. The molecule has 0 aromatic heterocycles. The number of phosphoric ester groups is 2. The zero-order chi connectivity index (χ0) is 74.6. The first-order chi connectivity index (χ1) is 48.7. The smallest absolute Gasteiger partial charge is 0.462 e. The molecule has 600 valence electrons. The van der Waals surface area contributed by atoms with Gasteiger partial charge in [0.25, 0.3) is 0 Å². The molecule has 0 saturated carbocycles. The molecule has 0 saturated heterocycles. The summed E-state index contributed by atoms with van der Waals surface area (Å²) in [6.07, 6.45) is 58.6. The Morgan fingerprint density at radius 3 is 0.703 bits per heavy atom. The van der Waals surface area contributed by atoms with Crippen LogP contribution in [0.1, 0.15) is 421 Å². The number of aliphatic hydroxyl groups excluding tert-OH is 1. The number of ether oxygens (including phenoxy) is 4. The molecular formula is C82H160O17P2. The molecule has 0 aromatic rings. The number of unbranched alkanes of at least 4 members (excludes halogenated alkanes) is 43. The van der Waals surface area contributed by atoms with Gasteiger partial charge in [0.15, 0.2) is 12.2 Å². The van der Waals surface area contributed by atoms with Crippen LogP contribution in [0.15, 0.2) is 0 Å². The normalized spacial score (nSPS) is 14.5. The van der Waals surface area contributed by atoms with E-state index in [1.807, 2.05) is 0 Å². The molecule has 7 atom stereocenters. The summed E-state index contributed by atoms with van der Waals surface area (Å²) in [7, 11) is -9.92. The lowest BCUT2D eigenvalue weighted by atomic mass is 9.99. The fraction of sp³-hybridized carbons (Fsp3) is 0.951. The highest BCUT2D eigenvalue weighted by molar-refractivity contribution is 7.47. The number of hydrogen-bond donors (Lipinski definition) is 3. The number of phosphoric acid groups is 2. The van der Waals surface area contributed by atoms with Gasteiger partial charge in [-0.05, 0) is 49.4 Å². The van der Waals surface area contributed by atoms with Crippen molar-refractivity contribution in [1.29, 1.82) is 0 Å². The maximum atomic E-state index is 13.1. The number of rotatable bonds is 79. The molecular weight excluding hydrogens is 1320 g/mol. The van der Waals surface area contributed by atoms with Gasteiger partial charge in [-0.3, -0.25) is 37.3 Å². The van der Waals surface area contributed by atoms with Gasteiger partial charge in [0.1, 0.15) is 19.3 Å². The van der Waals surface area contributed by atoms with Gasteiger partial charge in [0.05, 0.1) is 26.4 Å². The second-order valence-corrected chi connectivity index (χ2v) is 33.9. The van der Waals surface area contributed by atoms with E-state index in [-0.39, 0.29) is 25.7 Å². The Balaban J connectivity index is 5.13.